The van der Waals surface area contributed by atoms with Gasteiger partial charge in [-0.1, -0.05) is 26.0 Å². The Morgan fingerprint density at radius 1 is 1.19 bits per heavy atom. The molecule has 0 radical (unpaired) electrons. The van der Waals surface area contributed by atoms with Crippen LogP contribution in [0.2, 0.25) is 0 Å². The second-order valence-electron chi connectivity index (χ2n) is 8.21. The number of carboxylic acids is 1. The van der Waals surface area contributed by atoms with Crippen LogP contribution in [-0.2, 0) is 11.3 Å². The fraction of sp³-hybridized carbons (Fsp3) is 0.600. The van der Waals surface area contributed by atoms with Gasteiger partial charge < -0.3 is 14.7 Å². The van der Waals surface area contributed by atoms with E-state index >= 15 is 0 Å². The van der Waals surface area contributed by atoms with E-state index < -0.39 is 11.6 Å². The zero-order valence-corrected chi connectivity index (χ0v) is 16.4. The Kier molecular flexibility index (Phi) is 6.29. The molecule has 0 unspecified atom stereocenters. The van der Waals surface area contributed by atoms with Crippen molar-refractivity contribution in [2.45, 2.75) is 52.8 Å². The van der Waals surface area contributed by atoms with Crippen molar-refractivity contribution in [3.8, 4) is 0 Å². The lowest BCUT2D eigenvalue weighted by atomic mass is 9.98. The van der Waals surface area contributed by atoms with Gasteiger partial charge in [-0.2, -0.15) is 0 Å². The van der Waals surface area contributed by atoms with Crippen LogP contribution in [0, 0.1) is 5.92 Å². The number of piperazine rings is 1. The number of rotatable bonds is 4. The average molecular weight is 362 g/mol. The summed E-state index contributed by atoms with van der Waals surface area (Å²) in [5.41, 5.74) is 0.878. The fourth-order valence-electron chi connectivity index (χ4n) is 3.16. The minimum absolute atomic E-state index is 0.232. The number of nitrogens with zero attached hydrogens (tertiary/aromatic N) is 2. The van der Waals surface area contributed by atoms with Crippen molar-refractivity contribution in [2.24, 2.45) is 5.92 Å². The van der Waals surface area contributed by atoms with Crippen LogP contribution in [0.25, 0.3) is 0 Å². The van der Waals surface area contributed by atoms with Crippen molar-refractivity contribution >= 4 is 12.1 Å². The molecule has 1 aromatic rings. The summed E-state index contributed by atoms with van der Waals surface area (Å²) < 4.78 is 5.51. The Balaban J connectivity index is 2.04. The number of amides is 1. The molecule has 1 atom stereocenters. The van der Waals surface area contributed by atoms with Crippen molar-refractivity contribution in [3.63, 3.8) is 0 Å². The number of benzene rings is 1. The van der Waals surface area contributed by atoms with E-state index in [2.05, 4.69) is 18.7 Å². The molecule has 1 fully saturated rings. The molecule has 26 heavy (non-hydrogen) atoms. The molecule has 1 N–H and O–H groups in total. The van der Waals surface area contributed by atoms with Gasteiger partial charge in [0.05, 0.1) is 5.56 Å². The van der Waals surface area contributed by atoms with Gasteiger partial charge in [-0.3, -0.25) is 4.90 Å². The van der Waals surface area contributed by atoms with Crippen molar-refractivity contribution in [1.29, 1.82) is 0 Å². The average Bonchev–Trinajstić information content (AvgIpc) is 2.53. The molecule has 1 aromatic carbocycles. The first kappa shape index (κ1) is 20.2. The number of hydrogen-bond donors (Lipinski definition) is 1. The minimum Gasteiger partial charge on any atom is -0.478 e. The normalized spacial score (nSPS) is 18.8. The summed E-state index contributed by atoms with van der Waals surface area (Å²) in [5, 5.41) is 9.01. The van der Waals surface area contributed by atoms with E-state index in [1.807, 2.05) is 32.9 Å². The Hall–Kier alpha value is -2.08. The van der Waals surface area contributed by atoms with E-state index in [4.69, 9.17) is 9.84 Å². The molecule has 1 aliphatic rings. The lowest BCUT2D eigenvalue weighted by molar-refractivity contribution is -0.00427. The molecule has 0 saturated carbocycles. The van der Waals surface area contributed by atoms with Crippen LogP contribution in [0.3, 0.4) is 0 Å². The zero-order chi connectivity index (χ0) is 19.5. The first-order valence-electron chi connectivity index (χ1n) is 9.11. The summed E-state index contributed by atoms with van der Waals surface area (Å²) in [5.74, 6) is -0.527. The highest BCUT2D eigenvalue weighted by Crippen LogP contribution is 2.22. The van der Waals surface area contributed by atoms with Gasteiger partial charge in [-0.05, 0) is 44.4 Å². The molecule has 1 heterocycles. The van der Waals surface area contributed by atoms with Crippen LogP contribution in [0.1, 0.15) is 50.5 Å². The van der Waals surface area contributed by atoms with E-state index in [9.17, 15) is 9.59 Å². The second-order valence-corrected chi connectivity index (χ2v) is 8.21. The van der Waals surface area contributed by atoms with Crippen molar-refractivity contribution < 1.29 is 19.4 Å². The third-order valence-corrected chi connectivity index (χ3v) is 4.54. The molecular formula is C20H30N2O4. The molecule has 1 aliphatic heterocycles. The molecular weight excluding hydrogens is 332 g/mol. The molecule has 0 spiro atoms. The van der Waals surface area contributed by atoms with Gasteiger partial charge in [0.1, 0.15) is 5.60 Å². The van der Waals surface area contributed by atoms with Crippen molar-refractivity contribution in [3.05, 3.63) is 35.4 Å². The van der Waals surface area contributed by atoms with Crippen LogP contribution in [-0.4, -0.2) is 58.2 Å². The van der Waals surface area contributed by atoms with E-state index in [-0.39, 0.29) is 12.1 Å². The predicted octanol–water partition coefficient (Wildman–Crippen LogP) is 3.46. The Bertz CT molecular complexity index is 634. The van der Waals surface area contributed by atoms with Gasteiger partial charge in [0.25, 0.3) is 0 Å². The number of ether oxygens (including phenoxy) is 1. The smallest absolute Gasteiger partial charge is 0.410 e. The largest absolute Gasteiger partial charge is 0.478 e. The summed E-state index contributed by atoms with van der Waals surface area (Å²) in [6.45, 7) is 12.7. The number of carbonyl (C=O) groups is 2. The maximum atomic E-state index is 12.4. The van der Waals surface area contributed by atoms with Gasteiger partial charge in [0.15, 0.2) is 0 Å². The molecule has 1 saturated heterocycles. The van der Waals surface area contributed by atoms with Crippen LogP contribution < -0.4 is 0 Å². The maximum absolute atomic E-state index is 12.4. The molecule has 0 bridgehead atoms. The molecule has 6 heteroatoms. The Labute approximate surface area is 155 Å². The van der Waals surface area contributed by atoms with E-state index in [1.54, 1.807) is 17.0 Å². The number of hydrogen-bond acceptors (Lipinski definition) is 4. The van der Waals surface area contributed by atoms with E-state index in [0.29, 0.717) is 24.6 Å². The van der Waals surface area contributed by atoms with Gasteiger partial charge in [0, 0.05) is 32.2 Å². The highest BCUT2D eigenvalue weighted by molar-refractivity contribution is 5.87. The van der Waals surface area contributed by atoms with E-state index in [0.717, 1.165) is 18.7 Å². The Morgan fingerprint density at radius 3 is 2.31 bits per heavy atom. The molecule has 6 nitrogen and oxygen atoms in total. The number of carbonyl (C=O) groups excluding carboxylic acids is 1. The third-order valence-electron chi connectivity index (χ3n) is 4.54. The molecule has 0 aliphatic carbocycles. The SMILES string of the molecule is CC(C)[C@H]1CN(C(=O)OC(C)(C)C)CCN1Cc1ccc(C(=O)O)cc1. The zero-order valence-electron chi connectivity index (χ0n) is 16.4. The molecule has 2 rings (SSSR count). The summed E-state index contributed by atoms with van der Waals surface area (Å²) in [4.78, 5) is 27.5. The second kappa shape index (κ2) is 8.08. The number of aromatic carboxylic acids is 1. The monoisotopic (exact) mass is 362 g/mol. The van der Waals surface area contributed by atoms with E-state index in [1.165, 1.54) is 0 Å². The lowest BCUT2D eigenvalue weighted by Crippen LogP contribution is -2.56. The maximum Gasteiger partial charge on any atom is 0.410 e. The highest BCUT2D eigenvalue weighted by atomic mass is 16.6. The van der Waals surface area contributed by atoms with Crippen molar-refractivity contribution in [2.75, 3.05) is 19.6 Å². The van der Waals surface area contributed by atoms with Crippen LogP contribution in [0.5, 0.6) is 0 Å². The predicted molar refractivity (Wildman–Crippen MR) is 100 cm³/mol. The topological polar surface area (TPSA) is 70.1 Å². The van der Waals surface area contributed by atoms with Gasteiger partial charge >= 0.3 is 12.1 Å². The Morgan fingerprint density at radius 2 is 1.81 bits per heavy atom. The highest BCUT2D eigenvalue weighted by Gasteiger charge is 2.33. The quantitative estimate of drug-likeness (QED) is 0.888. The van der Waals surface area contributed by atoms with Gasteiger partial charge in [-0.25, -0.2) is 9.59 Å². The van der Waals surface area contributed by atoms with Crippen molar-refractivity contribution in [1.82, 2.24) is 9.80 Å². The standard InChI is InChI=1S/C20H30N2O4/c1-14(2)17-13-22(19(25)26-20(3,4)5)11-10-21(17)12-15-6-8-16(9-7-15)18(23)24/h6-9,14,17H,10-13H2,1-5H3,(H,23,24)/t17-/m1/s1. The van der Waals surface area contributed by atoms with Crippen LogP contribution in [0.15, 0.2) is 24.3 Å². The van der Waals surface area contributed by atoms with Crippen LogP contribution in [0.4, 0.5) is 4.79 Å². The summed E-state index contributed by atoms with van der Waals surface area (Å²) >= 11 is 0. The molecule has 144 valence electrons. The summed E-state index contributed by atoms with van der Waals surface area (Å²) in [7, 11) is 0. The lowest BCUT2D eigenvalue weighted by Gasteiger charge is -2.43. The summed E-state index contributed by atoms with van der Waals surface area (Å²) in [6, 6.07) is 7.23. The van der Waals surface area contributed by atoms with Gasteiger partial charge in [-0.15, -0.1) is 0 Å². The molecule has 1 amide bonds. The third kappa shape index (κ3) is 5.46. The summed E-state index contributed by atoms with van der Waals surface area (Å²) in [6.07, 6.45) is -0.256. The van der Waals surface area contributed by atoms with Gasteiger partial charge in [0.2, 0.25) is 0 Å². The number of carboxylic acid groups (broad SMARTS) is 1. The van der Waals surface area contributed by atoms with Crippen LogP contribution >= 0.6 is 0 Å². The first-order valence-corrected chi connectivity index (χ1v) is 9.11. The molecule has 0 aromatic heterocycles. The minimum atomic E-state index is -0.914. The first-order chi connectivity index (χ1) is 12.1. The fourth-order valence-corrected chi connectivity index (χ4v) is 3.16.